The highest BCUT2D eigenvalue weighted by Crippen LogP contribution is 2.43. The summed E-state index contributed by atoms with van der Waals surface area (Å²) in [5.41, 5.74) is 2.55. The average molecular weight is 852 g/mol. The fraction of sp³-hybridized carbons (Fsp3) is 0.787. The first-order valence-electron chi connectivity index (χ1n) is 23.2. The number of phosphoric ester groups is 1. The van der Waals surface area contributed by atoms with Crippen LogP contribution in [0.15, 0.2) is 21.0 Å². The number of phosphoric acid groups is 1. The van der Waals surface area contributed by atoms with Crippen molar-refractivity contribution in [2.75, 3.05) is 40.5 Å². The van der Waals surface area contributed by atoms with E-state index in [-0.39, 0.29) is 26.1 Å². The Bertz CT molecular complexity index is 1440. The lowest BCUT2D eigenvalue weighted by Crippen LogP contribution is -2.29. The van der Waals surface area contributed by atoms with Crippen LogP contribution in [0, 0.1) is 13.8 Å². The van der Waals surface area contributed by atoms with Crippen molar-refractivity contribution >= 4 is 19.8 Å². The van der Waals surface area contributed by atoms with Crippen molar-refractivity contribution in [3.05, 3.63) is 46.3 Å². The van der Waals surface area contributed by atoms with Gasteiger partial charge in [-0.15, -0.1) is 0 Å². The molecule has 0 spiro atoms. The molecule has 0 radical (unpaired) electrons. The fourth-order valence-electron chi connectivity index (χ4n) is 7.12. The standard InChI is InChI=1S/C47H82NO10P/c1-7-9-22-28-42-36-40(4)45(57-42)30-24-19-15-11-13-17-21-26-32-47(50)58-43(38-55-59(51,52)54-34-33-48(5)6)37-53-46(49)31-25-20-16-12-10-14-18-23-29-44-39(3)35-41(56-44)27-8-2/h35-36,43H,7-34,37-38H2,1-6H3,(H,51,52)/t43-/m1/s1. The lowest BCUT2D eigenvalue weighted by Gasteiger charge is -2.20. The van der Waals surface area contributed by atoms with Gasteiger partial charge in [0, 0.05) is 45.1 Å². The summed E-state index contributed by atoms with van der Waals surface area (Å²) in [7, 11) is -0.742. The molecule has 0 amide bonds. The van der Waals surface area contributed by atoms with Crippen LogP contribution in [0.2, 0.25) is 0 Å². The van der Waals surface area contributed by atoms with Gasteiger partial charge in [-0.2, -0.15) is 0 Å². The number of ether oxygens (including phenoxy) is 2. The number of aryl methyl sites for hydroxylation is 6. The van der Waals surface area contributed by atoms with E-state index in [1.165, 1.54) is 68.9 Å². The van der Waals surface area contributed by atoms with Gasteiger partial charge in [-0.25, -0.2) is 4.57 Å². The van der Waals surface area contributed by atoms with Crippen LogP contribution >= 0.6 is 7.82 Å². The zero-order valence-electron chi connectivity index (χ0n) is 38.0. The second-order valence-electron chi connectivity index (χ2n) is 16.7. The molecule has 340 valence electrons. The van der Waals surface area contributed by atoms with Crippen LogP contribution in [0.1, 0.15) is 189 Å². The van der Waals surface area contributed by atoms with E-state index < -0.39 is 32.5 Å². The van der Waals surface area contributed by atoms with Gasteiger partial charge >= 0.3 is 19.8 Å². The molecule has 2 aromatic rings. The molecule has 0 bridgehead atoms. The molecule has 2 heterocycles. The third-order valence-corrected chi connectivity index (χ3v) is 11.7. The fourth-order valence-corrected chi connectivity index (χ4v) is 7.86. The van der Waals surface area contributed by atoms with Gasteiger partial charge in [0.15, 0.2) is 6.10 Å². The number of hydrogen-bond acceptors (Lipinski definition) is 10. The van der Waals surface area contributed by atoms with Gasteiger partial charge in [0.1, 0.15) is 29.6 Å². The summed E-state index contributed by atoms with van der Waals surface area (Å²) in [5.74, 6) is 3.67. The topological polar surface area (TPSA) is 138 Å². The highest BCUT2D eigenvalue weighted by Gasteiger charge is 2.26. The first-order chi connectivity index (χ1) is 28.4. The summed E-state index contributed by atoms with van der Waals surface area (Å²) < 4.78 is 45.7. The van der Waals surface area contributed by atoms with Crippen molar-refractivity contribution in [3.63, 3.8) is 0 Å². The number of furan rings is 2. The predicted molar refractivity (Wildman–Crippen MR) is 236 cm³/mol. The maximum atomic E-state index is 12.7. The number of esters is 2. The summed E-state index contributed by atoms with van der Waals surface area (Å²) in [6, 6.07) is 4.39. The van der Waals surface area contributed by atoms with Gasteiger partial charge in [0.25, 0.3) is 0 Å². The maximum Gasteiger partial charge on any atom is 0.472 e. The molecule has 1 unspecified atom stereocenters. The summed E-state index contributed by atoms with van der Waals surface area (Å²) in [6.45, 7) is 8.43. The zero-order valence-corrected chi connectivity index (χ0v) is 38.9. The van der Waals surface area contributed by atoms with Crippen LogP contribution in [-0.4, -0.2) is 68.3 Å². The normalized spacial score (nSPS) is 13.2. The van der Waals surface area contributed by atoms with Crippen molar-refractivity contribution in [2.45, 2.75) is 201 Å². The van der Waals surface area contributed by atoms with E-state index in [1.54, 1.807) is 0 Å². The summed E-state index contributed by atoms with van der Waals surface area (Å²) in [4.78, 5) is 37.2. The predicted octanol–water partition coefficient (Wildman–Crippen LogP) is 12.1. The molecule has 0 aliphatic carbocycles. The molecule has 0 fully saturated rings. The molecule has 12 heteroatoms. The first-order valence-corrected chi connectivity index (χ1v) is 24.7. The first kappa shape index (κ1) is 52.7. The number of hydrogen-bond donors (Lipinski definition) is 1. The number of carbonyl (C=O) groups is 2. The largest absolute Gasteiger partial charge is 0.472 e. The van der Waals surface area contributed by atoms with Crippen molar-refractivity contribution in [1.82, 2.24) is 4.90 Å². The molecular formula is C47H82NO10P. The van der Waals surface area contributed by atoms with Crippen molar-refractivity contribution in [3.8, 4) is 0 Å². The van der Waals surface area contributed by atoms with Crippen molar-refractivity contribution in [1.29, 1.82) is 0 Å². The number of rotatable bonds is 38. The second kappa shape index (κ2) is 32.3. The van der Waals surface area contributed by atoms with Gasteiger partial charge in [0.2, 0.25) is 0 Å². The Balaban J connectivity index is 1.60. The molecule has 0 aliphatic rings. The molecule has 2 rings (SSSR count). The molecule has 1 N–H and O–H groups in total. The number of carbonyl (C=O) groups excluding carboxylic acids is 2. The molecule has 0 aromatic carbocycles. The monoisotopic (exact) mass is 852 g/mol. The number of likely N-dealkylation sites (N-methyl/N-ethyl adjacent to an activating group) is 1. The Hall–Kier alpha value is -2.43. The smallest absolute Gasteiger partial charge is 0.466 e. The number of nitrogens with zero attached hydrogens (tertiary/aromatic N) is 1. The highest BCUT2D eigenvalue weighted by atomic mass is 31.2. The van der Waals surface area contributed by atoms with E-state index >= 15 is 0 Å². The summed E-state index contributed by atoms with van der Waals surface area (Å²) in [6.07, 6.45) is 25.2. The summed E-state index contributed by atoms with van der Waals surface area (Å²) >= 11 is 0. The minimum atomic E-state index is -4.38. The molecule has 0 saturated heterocycles. The van der Waals surface area contributed by atoms with Crippen LogP contribution in [-0.2, 0) is 58.4 Å². The van der Waals surface area contributed by atoms with E-state index in [4.69, 9.17) is 27.4 Å². The van der Waals surface area contributed by atoms with E-state index in [0.717, 1.165) is 107 Å². The second-order valence-corrected chi connectivity index (χ2v) is 18.2. The molecule has 59 heavy (non-hydrogen) atoms. The Morgan fingerprint density at radius 3 is 1.61 bits per heavy atom. The van der Waals surface area contributed by atoms with Gasteiger partial charge < -0.3 is 28.1 Å². The van der Waals surface area contributed by atoms with Crippen LogP contribution in [0.25, 0.3) is 0 Å². The summed E-state index contributed by atoms with van der Waals surface area (Å²) in [5, 5.41) is 0. The van der Waals surface area contributed by atoms with E-state index in [9.17, 15) is 19.0 Å². The van der Waals surface area contributed by atoms with Gasteiger partial charge in [-0.1, -0.05) is 104 Å². The van der Waals surface area contributed by atoms with Crippen molar-refractivity contribution < 1.29 is 46.4 Å². The van der Waals surface area contributed by atoms with Crippen LogP contribution in [0.5, 0.6) is 0 Å². The molecule has 0 saturated carbocycles. The Morgan fingerprint density at radius 1 is 0.627 bits per heavy atom. The van der Waals surface area contributed by atoms with Gasteiger partial charge in [0.05, 0.1) is 13.2 Å². The molecule has 2 atom stereocenters. The number of unbranched alkanes of at least 4 members (excludes halogenated alkanes) is 16. The third kappa shape index (κ3) is 26.5. The van der Waals surface area contributed by atoms with E-state index in [2.05, 4.69) is 39.8 Å². The van der Waals surface area contributed by atoms with Crippen molar-refractivity contribution in [2.24, 2.45) is 0 Å². The van der Waals surface area contributed by atoms with Crippen LogP contribution in [0.4, 0.5) is 0 Å². The Labute approximate surface area is 357 Å². The third-order valence-electron chi connectivity index (χ3n) is 10.7. The average Bonchev–Trinajstić information content (AvgIpc) is 3.73. The highest BCUT2D eigenvalue weighted by molar-refractivity contribution is 7.47. The van der Waals surface area contributed by atoms with Gasteiger partial charge in [-0.05, 0) is 89.7 Å². The molecule has 11 nitrogen and oxygen atoms in total. The van der Waals surface area contributed by atoms with E-state index in [0.29, 0.717) is 19.4 Å². The quantitative estimate of drug-likeness (QED) is 0.0392. The molecular weight excluding hydrogens is 769 g/mol. The zero-order chi connectivity index (χ0) is 43.1. The van der Waals surface area contributed by atoms with Crippen LogP contribution < -0.4 is 0 Å². The van der Waals surface area contributed by atoms with Gasteiger partial charge in [-0.3, -0.25) is 18.6 Å². The SMILES string of the molecule is CCCCCc1cc(C)c(CCCCCCCCCCC(=O)O[C@H](COC(=O)CCCCCCCCCCc2oc(CCC)cc2C)COP(=O)(O)OCCN(C)C)o1. The minimum absolute atomic E-state index is 0.00370. The Kier molecular flexibility index (Phi) is 28.9. The lowest BCUT2D eigenvalue weighted by molar-refractivity contribution is -0.161. The minimum Gasteiger partial charge on any atom is -0.466 e. The molecule has 2 aromatic heterocycles. The molecule has 0 aliphatic heterocycles. The van der Waals surface area contributed by atoms with E-state index in [1.807, 2.05) is 19.0 Å². The van der Waals surface area contributed by atoms with Crippen LogP contribution in [0.3, 0.4) is 0 Å². The lowest BCUT2D eigenvalue weighted by atomic mass is 10.1. The maximum absolute atomic E-state index is 12.7. The Morgan fingerprint density at radius 2 is 1.10 bits per heavy atom.